The summed E-state index contributed by atoms with van der Waals surface area (Å²) in [7, 11) is 0. The molecule has 92 valence electrons. The summed E-state index contributed by atoms with van der Waals surface area (Å²) in [6, 6.07) is -0.493. The van der Waals surface area contributed by atoms with Crippen molar-refractivity contribution < 1.29 is 9.59 Å². The predicted octanol–water partition coefficient (Wildman–Crippen LogP) is 0.292. The Morgan fingerprint density at radius 3 is 3.12 bits per heavy atom. The van der Waals surface area contributed by atoms with Crippen molar-refractivity contribution in [1.29, 1.82) is 0 Å². The number of carbonyl (C=O) groups excluding carboxylic acids is 2. The van der Waals surface area contributed by atoms with Crippen LogP contribution in [0.5, 0.6) is 0 Å². The number of aromatic nitrogens is 2. The molecule has 0 aliphatic carbocycles. The lowest BCUT2D eigenvalue weighted by Crippen LogP contribution is -2.47. The number of anilines is 1. The second-order valence-corrected chi connectivity index (χ2v) is 4.18. The molecule has 0 spiro atoms. The van der Waals surface area contributed by atoms with Crippen molar-refractivity contribution >= 4 is 17.6 Å². The molecule has 0 aromatic carbocycles. The summed E-state index contributed by atoms with van der Waals surface area (Å²) in [5.74, 6) is 0.217. The highest BCUT2D eigenvalue weighted by atomic mass is 16.2. The van der Waals surface area contributed by atoms with Gasteiger partial charge in [0.2, 0.25) is 11.8 Å². The van der Waals surface area contributed by atoms with Gasteiger partial charge >= 0.3 is 0 Å². The van der Waals surface area contributed by atoms with Crippen LogP contribution >= 0.6 is 0 Å². The summed E-state index contributed by atoms with van der Waals surface area (Å²) >= 11 is 0. The SMILES string of the molecule is CCCn1cnc2c1C[C@H](NC(C)=O)C(=O)N2. The second kappa shape index (κ2) is 4.57. The Hall–Kier alpha value is -1.85. The molecule has 6 nitrogen and oxygen atoms in total. The van der Waals surface area contributed by atoms with Gasteiger partial charge in [0.25, 0.3) is 0 Å². The average molecular weight is 236 g/mol. The van der Waals surface area contributed by atoms with Gasteiger partial charge < -0.3 is 15.2 Å². The van der Waals surface area contributed by atoms with Gasteiger partial charge in [0, 0.05) is 19.9 Å². The number of amides is 2. The molecule has 0 saturated carbocycles. The third kappa shape index (κ3) is 2.30. The van der Waals surface area contributed by atoms with E-state index in [0.717, 1.165) is 18.7 Å². The van der Waals surface area contributed by atoms with Gasteiger partial charge in [-0.2, -0.15) is 0 Å². The number of nitrogens with one attached hydrogen (secondary N) is 2. The molecular formula is C11H16N4O2. The molecule has 1 atom stereocenters. The van der Waals surface area contributed by atoms with Gasteiger partial charge in [-0.05, 0) is 6.42 Å². The van der Waals surface area contributed by atoms with Crippen LogP contribution in [0, 0.1) is 0 Å². The van der Waals surface area contributed by atoms with Crippen LogP contribution in [0.25, 0.3) is 0 Å². The maximum Gasteiger partial charge on any atom is 0.248 e. The van der Waals surface area contributed by atoms with Crippen LogP contribution in [0.1, 0.15) is 26.0 Å². The Morgan fingerprint density at radius 1 is 1.71 bits per heavy atom. The first kappa shape index (κ1) is 11.6. The average Bonchev–Trinajstić information content (AvgIpc) is 2.62. The number of carbonyl (C=O) groups is 2. The van der Waals surface area contributed by atoms with E-state index in [1.807, 2.05) is 4.57 Å². The minimum atomic E-state index is -0.493. The maximum atomic E-state index is 11.7. The molecule has 2 N–H and O–H groups in total. The third-order valence-electron chi connectivity index (χ3n) is 2.74. The van der Waals surface area contributed by atoms with E-state index < -0.39 is 6.04 Å². The van der Waals surface area contributed by atoms with Crippen LogP contribution in [0.3, 0.4) is 0 Å². The number of hydrogen-bond donors (Lipinski definition) is 2. The molecule has 1 aromatic rings. The molecule has 0 bridgehead atoms. The molecular weight excluding hydrogens is 220 g/mol. The largest absolute Gasteiger partial charge is 0.344 e. The summed E-state index contributed by atoms with van der Waals surface area (Å²) in [5.41, 5.74) is 0.977. The van der Waals surface area contributed by atoms with E-state index in [4.69, 9.17) is 0 Å². The molecule has 0 unspecified atom stereocenters. The Morgan fingerprint density at radius 2 is 2.47 bits per heavy atom. The predicted molar refractivity (Wildman–Crippen MR) is 62.5 cm³/mol. The summed E-state index contributed by atoms with van der Waals surface area (Å²) in [4.78, 5) is 26.8. The van der Waals surface area contributed by atoms with Gasteiger partial charge in [0.05, 0.1) is 12.0 Å². The number of fused-ring (bicyclic) bond motifs is 1. The van der Waals surface area contributed by atoms with Crippen LogP contribution in [-0.2, 0) is 22.6 Å². The minimum absolute atomic E-state index is 0.199. The Balaban J connectivity index is 2.21. The monoisotopic (exact) mass is 236 g/mol. The van der Waals surface area contributed by atoms with Crippen LogP contribution in [0.15, 0.2) is 6.33 Å². The molecule has 2 rings (SSSR count). The van der Waals surface area contributed by atoms with Crippen molar-refractivity contribution in [1.82, 2.24) is 14.9 Å². The molecule has 0 radical (unpaired) electrons. The smallest absolute Gasteiger partial charge is 0.248 e. The number of imidazole rings is 1. The highest BCUT2D eigenvalue weighted by Crippen LogP contribution is 2.21. The molecule has 1 aliphatic rings. The summed E-state index contributed by atoms with van der Waals surface area (Å²) in [6.07, 6.45) is 3.23. The van der Waals surface area contributed by atoms with E-state index in [1.54, 1.807) is 6.33 Å². The lowest BCUT2D eigenvalue weighted by molar-refractivity contribution is -0.125. The molecule has 1 aliphatic heterocycles. The van der Waals surface area contributed by atoms with Crippen LogP contribution < -0.4 is 10.6 Å². The number of rotatable bonds is 3. The quantitative estimate of drug-likeness (QED) is 0.792. The van der Waals surface area contributed by atoms with E-state index in [-0.39, 0.29) is 11.8 Å². The lowest BCUT2D eigenvalue weighted by atomic mass is 10.1. The third-order valence-corrected chi connectivity index (χ3v) is 2.74. The molecule has 17 heavy (non-hydrogen) atoms. The molecule has 6 heteroatoms. The fraction of sp³-hybridized carbons (Fsp3) is 0.545. The highest BCUT2D eigenvalue weighted by Gasteiger charge is 2.29. The number of nitrogens with zero attached hydrogens (tertiary/aromatic N) is 2. The van der Waals surface area contributed by atoms with E-state index in [1.165, 1.54) is 6.92 Å². The van der Waals surface area contributed by atoms with Crippen molar-refractivity contribution in [3.8, 4) is 0 Å². The standard InChI is InChI=1S/C11H16N4O2/c1-3-4-15-6-12-10-9(15)5-8(11(17)14-10)13-7(2)16/h6,8H,3-5H2,1-2H3,(H,13,16)(H,14,17)/t8-/m0/s1. The zero-order valence-electron chi connectivity index (χ0n) is 9.99. The maximum absolute atomic E-state index is 11.7. The zero-order valence-corrected chi connectivity index (χ0v) is 9.99. The first-order valence-corrected chi connectivity index (χ1v) is 5.73. The highest BCUT2D eigenvalue weighted by molar-refractivity contribution is 5.98. The minimum Gasteiger partial charge on any atom is -0.344 e. The molecule has 0 fully saturated rings. The van der Waals surface area contributed by atoms with E-state index in [9.17, 15) is 9.59 Å². The van der Waals surface area contributed by atoms with Crippen LogP contribution in [-0.4, -0.2) is 27.4 Å². The summed E-state index contributed by atoms with van der Waals surface area (Å²) < 4.78 is 2.02. The Bertz CT molecular complexity index is 452. The van der Waals surface area contributed by atoms with Crippen LogP contribution in [0.4, 0.5) is 5.82 Å². The summed E-state index contributed by atoms with van der Waals surface area (Å²) in [6.45, 7) is 4.36. The first-order chi connectivity index (χ1) is 8.11. The number of hydrogen-bond acceptors (Lipinski definition) is 3. The topological polar surface area (TPSA) is 76.0 Å². The van der Waals surface area contributed by atoms with Crippen LogP contribution in [0.2, 0.25) is 0 Å². The first-order valence-electron chi connectivity index (χ1n) is 5.73. The number of aryl methyl sites for hydroxylation is 1. The Labute approximate surface area is 99.4 Å². The van der Waals surface area contributed by atoms with E-state index >= 15 is 0 Å². The van der Waals surface area contributed by atoms with Crippen molar-refractivity contribution in [3.63, 3.8) is 0 Å². The van der Waals surface area contributed by atoms with Gasteiger partial charge in [-0.1, -0.05) is 6.92 Å². The Kier molecular flexibility index (Phi) is 3.12. The fourth-order valence-corrected chi connectivity index (χ4v) is 2.01. The van der Waals surface area contributed by atoms with Gasteiger partial charge in [-0.3, -0.25) is 9.59 Å². The van der Waals surface area contributed by atoms with Gasteiger partial charge in [0.15, 0.2) is 5.82 Å². The van der Waals surface area contributed by atoms with Crippen molar-refractivity contribution in [2.75, 3.05) is 5.32 Å². The van der Waals surface area contributed by atoms with E-state index in [0.29, 0.717) is 12.2 Å². The van der Waals surface area contributed by atoms with Crippen molar-refractivity contribution in [2.24, 2.45) is 0 Å². The van der Waals surface area contributed by atoms with Gasteiger partial charge in [-0.25, -0.2) is 4.98 Å². The lowest BCUT2D eigenvalue weighted by Gasteiger charge is -2.23. The normalized spacial score (nSPS) is 18.5. The van der Waals surface area contributed by atoms with Gasteiger partial charge in [-0.15, -0.1) is 0 Å². The summed E-state index contributed by atoms with van der Waals surface area (Å²) in [5, 5.41) is 5.35. The van der Waals surface area contributed by atoms with Gasteiger partial charge in [0.1, 0.15) is 6.04 Å². The molecule has 2 heterocycles. The van der Waals surface area contributed by atoms with E-state index in [2.05, 4.69) is 22.5 Å². The molecule has 2 amide bonds. The van der Waals surface area contributed by atoms with Crippen molar-refractivity contribution in [3.05, 3.63) is 12.0 Å². The second-order valence-electron chi connectivity index (χ2n) is 4.18. The van der Waals surface area contributed by atoms with Crippen molar-refractivity contribution in [2.45, 2.75) is 39.3 Å². The molecule has 1 aromatic heterocycles. The zero-order chi connectivity index (χ0) is 12.4. The molecule has 0 saturated heterocycles. The fourth-order valence-electron chi connectivity index (χ4n) is 2.01.